The average molecular weight is 321 g/mol. The number of carbonyl (C=O) groups excluding carboxylic acids is 1. The summed E-state index contributed by atoms with van der Waals surface area (Å²) < 4.78 is 5.04. The summed E-state index contributed by atoms with van der Waals surface area (Å²) in [5.74, 6) is -0.212. The molecule has 3 aromatic rings. The summed E-state index contributed by atoms with van der Waals surface area (Å²) in [4.78, 5) is 12.5. The van der Waals surface area contributed by atoms with Crippen molar-refractivity contribution in [3.8, 4) is 11.5 Å². The molecule has 4 heteroatoms. The number of nitrogens with one attached hydrogen (secondary N) is 1. The fourth-order valence-electron chi connectivity index (χ4n) is 2.71. The quantitative estimate of drug-likeness (QED) is 0.762. The van der Waals surface area contributed by atoms with Gasteiger partial charge in [0, 0.05) is 0 Å². The molecule has 1 amide bonds. The number of phenolic OH excluding ortho intramolecular Hbond substituents is 1. The highest BCUT2D eigenvalue weighted by atomic mass is 16.5. The summed E-state index contributed by atoms with van der Waals surface area (Å²) in [6.45, 7) is 1.92. The topological polar surface area (TPSA) is 58.6 Å². The molecular weight excluding hydrogens is 302 g/mol. The van der Waals surface area contributed by atoms with Crippen molar-refractivity contribution in [1.82, 2.24) is 5.32 Å². The molecule has 0 unspecified atom stereocenters. The first-order valence-corrected chi connectivity index (χ1v) is 7.75. The van der Waals surface area contributed by atoms with Crippen molar-refractivity contribution in [1.29, 1.82) is 0 Å². The predicted molar refractivity (Wildman–Crippen MR) is 94.5 cm³/mol. The lowest BCUT2D eigenvalue weighted by atomic mass is 10.0. The number of ether oxygens (including phenoxy) is 1. The zero-order valence-corrected chi connectivity index (χ0v) is 13.6. The van der Waals surface area contributed by atoms with E-state index in [9.17, 15) is 9.90 Å². The fourth-order valence-corrected chi connectivity index (χ4v) is 2.71. The number of para-hydroxylation sites is 1. The number of aromatic hydroxyl groups is 1. The molecule has 0 heterocycles. The number of amides is 1. The van der Waals surface area contributed by atoms with Crippen LogP contribution in [0, 0.1) is 0 Å². The third-order valence-corrected chi connectivity index (χ3v) is 4.08. The van der Waals surface area contributed by atoms with Crippen LogP contribution in [0.1, 0.15) is 28.9 Å². The second-order valence-corrected chi connectivity index (χ2v) is 5.66. The third-order valence-electron chi connectivity index (χ3n) is 4.08. The van der Waals surface area contributed by atoms with Crippen molar-refractivity contribution >= 4 is 16.7 Å². The second-order valence-electron chi connectivity index (χ2n) is 5.66. The number of benzene rings is 3. The van der Waals surface area contributed by atoms with E-state index in [-0.39, 0.29) is 29.0 Å². The van der Waals surface area contributed by atoms with Gasteiger partial charge in [0.05, 0.1) is 18.7 Å². The SMILES string of the molecule is COc1cccc(C(=O)N[C@@H](C)c2ccc3ccccc3c2)c1O. The van der Waals surface area contributed by atoms with E-state index in [1.165, 1.54) is 7.11 Å². The molecule has 0 aliphatic carbocycles. The van der Waals surface area contributed by atoms with Crippen molar-refractivity contribution in [3.05, 3.63) is 71.8 Å². The maximum Gasteiger partial charge on any atom is 0.255 e. The minimum absolute atomic E-state index is 0.150. The van der Waals surface area contributed by atoms with Gasteiger partial charge in [0.15, 0.2) is 11.5 Å². The van der Waals surface area contributed by atoms with Crippen molar-refractivity contribution in [2.75, 3.05) is 7.11 Å². The number of rotatable bonds is 4. The monoisotopic (exact) mass is 321 g/mol. The maximum atomic E-state index is 12.5. The van der Waals surface area contributed by atoms with Gasteiger partial charge >= 0.3 is 0 Å². The Morgan fingerprint density at radius 1 is 1.04 bits per heavy atom. The van der Waals surface area contributed by atoms with Crippen molar-refractivity contribution in [3.63, 3.8) is 0 Å². The minimum atomic E-state index is -0.341. The van der Waals surface area contributed by atoms with Crippen LogP contribution in [0.5, 0.6) is 11.5 Å². The van der Waals surface area contributed by atoms with Gasteiger partial charge in [-0.1, -0.05) is 42.5 Å². The van der Waals surface area contributed by atoms with E-state index in [0.29, 0.717) is 0 Å². The van der Waals surface area contributed by atoms with Gasteiger partial charge in [0.25, 0.3) is 5.91 Å². The second kappa shape index (κ2) is 6.62. The molecule has 0 bridgehead atoms. The molecule has 0 fully saturated rings. The van der Waals surface area contributed by atoms with Crippen LogP contribution in [0.2, 0.25) is 0 Å². The Morgan fingerprint density at radius 3 is 2.54 bits per heavy atom. The lowest BCUT2D eigenvalue weighted by Crippen LogP contribution is -2.26. The Hall–Kier alpha value is -3.01. The van der Waals surface area contributed by atoms with Gasteiger partial charge in [-0.05, 0) is 41.5 Å². The maximum absolute atomic E-state index is 12.5. The molecule has 0 spiro atoms. The summed E-state index contributed by atoms with van der Waals surface area (Å²) >= 11 is 0. The molecule has 24 heavy (non-hydrogen) atoms. The summed E-state index contributed by atoms with van der Waals surface area (Å²) in [6, 6.07) is 18.8. The molecule has 4 nitrogen and oxygen atoms in total. The first kappa shape index (κ1) is 15.9. The molecule has 0 saturated carbocycles. The number of methoxy groups -OCH3 is 1. The van der Waals surface area contributed by atoms with Gasteiger partial charge in [0.1, 0.15) is 0 Å². The van der Waals surface area contributed by atoms with Gasteiger partial charge in [-0.2, -0.15) is 0 Å². The molecule has 0 radical (unpaired) electrons. The Morgan fingerprint density at radius 2 is 1.79 bits per heavy atom. The van der Waals surface area contributed by atoms with Crippen LogP contribution in [-0.2, 0) is 0 Å². The zero-order chi connectivity index (χ0) is 17.1. The number of hydrogen-bond donors (Lipinski definition) is 2. The Labute approximate surface area is 140 Å². The van der Waals surface area contributed by atoms with Crippen molar-refractivity contribution < 1.29 is 14.6 Å². The average Bonchev–Trinajstić information content (AvgIpc) is 2.61. The molecule has 3 rings (SSSR count). The summed E-state index contributed by atoms with van der Waals surface area (Å²) in [5.41, 5.74) is 1.20. The molecule has 0 aliphatic heterocycles. The highest BCUT2D eigenvalue weighted by Gasteiger charge is 2.17. The highest BCUT2D eigenvalue weighted by Crippen LogP contribution is 2.29. The number of fused-ring (bicyclic) bond motifs is 1. The van der Waals surface area contributed by atoms with E-state index in [2.05, 4.69) is 17.4 Å². The molecule has 0 aromatic heterocycles. The van der Waals surface area contributed by atoms with Gasteiger partial charge in [-0.25, -0.2) is 0 Å². The number of phenols is 1. The Balaban J connectivity index is 1.83. The smallest absolute Gasteiger partial charge is 0.255 e. The fraction of sp³-hybridized carbons (Fsp3) is 0.150. The summed E-state index contributed by atoms with van der Waals surface area (Å²) in [7, 11) is 1.45. The van der Waals surface area contributed by atoms with Gasteiger partial charge < -0.3 is 15.2 Å². The number of carbonyl (C=O) groups is 1. The van der Waals surface area contributed by atoms with Crippen LogP contribution < -0.4 is 10.1 Å². The van der Waals surface area contributed by atoms with Crippen LogP contribution in [0.4, 0.5) is 0 Å². The third kappa shape index (κ3) is 3.04. The standard InChI is InChI=1S/C20H19NO3/c1-13(15-11-10-14-6-3-4-7-16(14)12-15)21-20(23)17-8-5-9-18(24-2)19(17)22/h3-13,22H,1-2H3,(H,21,23)/t13-/m0/s1. The zero-order valence-electron chi connectivity index (χ0n) is 13.6. The normalized spacial score (nSPS) is 11.9. The molecule has 0 aliphatic rings. The van der Waals surface area contributed by atoms with Crippen LogP contribution >= 0.6 is 0 Å². The number of hydrogen-bond acceptors (Lipinski definition) is 3. The van der Waals surface area contributed by atoms with E-state index in [4.69, 9.17) is 4.74 Å². The van der Waals surface area contributed by atoms with Crippen LogP contribution in [0.3, 0.4) is 0 Å². The van der Waals surface area contributed by atoms with Crippen molar-refractivity contribution in [2.45, 2.75) is 13.0 Å². The van der Waals surface area contributed by atoms with E-state index in [0.717, 1.165) is 16.3 Å². The molecule has 122 valence electrons. The first-order valence-electron chi connectivity index (χ1n) is 7.75. The van der Waals surface area contributed by atoms with Crippen LogP contribution in [0.25, 0.3) is 10.8 Å². The van der Waals surface area contributed by atoms with Gasteiger partial charge in [-0.15, -0.1) is 0 Å². The molecular formula is C20H19NO3. The highest BCUT2D eigenvalue weighted by molar-refractivity contribution is 5.98. The van der Waals surface area contributed by atoms with E-state index < -0.39 is 0 Å². The minimum Gasteiger partial charge on any atom is -0.504 e. The van der Waals surface area contributed by atoms with Crippen molar-refractivity contribution in [2.24, 2.45) is 0 Å². The first-order chi connectivity index (χ1) is 11.6. The lowest BCUT2D eigenvalue weighted by molar-refractivity contribution is 0.0936. The summed E-state index contributed by atoms with van der Waals surface area (Å²) in [5, 5.41) is 15.3. The van der Waals surface area contributed by atoms with Crippen LogP contribution in [-0.4, -0.2) is 18.1 Å². The van der Waals surface area contributed by atoms with E-state index >= 15 is 0 Å². The van der Waals surface area contributed by atoms with Gasteiger partial charge in [0.2, 0.25) is 0 Å². The largest absolute Gasteiger partial charge is 0.504 e. The van der Waals surface area contributed by atoms with Crippen LogP contribution in [0.15, 0.2) is 60.7 Å². The van der Waals surface area contributed by atoms with E-state index in [1.54, 1.807) is 18.2 Å². The molecule has 0 saturated heterocycles. The van der Waals surface area contributed by atoms with Gasteiger partial charge in [-0.3, -0.25) is 4.79 Å². The predicted octanol–water partition coefficient (Wildman–Crippen LogP) is 4.05. The molecule has 2 N–H and O–H groups in total. The molecule has 3 aromatic carbocycles. The lowest BCUT2D eigenvalue weighted by Gasteiger charge is -2.16. The Kier molecular flexibility index (Phi) is 4.38. The van der Waals surface area contributed by atoms with E-state index in [1.807, 2.05) is 37.3 Å². The summed E-state index contributed by atoms with van der Waals surface area (Å²) in [6.07, 6.45) is 0. The Bertz CT molecular complexity index is 889. The molecule has 1 atom stereocenters.